The Hall–Kier alpha value is -0.560. The monoisotopic (exact) mass is 208 g/mol. The molecule has 0 radical (unpaired) electrons. The van der Waals surface area contributed by atoms with E-state index in [0.29, 0.717) is 0 Å². The molecule has 0 aliphatic heterocycles. The van der Waals surface area contributed by atoms with E-state index >= 15 is 0 Å². The van der Waals surface area contributed by atoms with Gasteiger partial charge in [0.2, 0.25) is 0 Å². The molecule has 1 rings (SSSR count). The first-order valence-electron chi connectivity index (χ1n) is 5.91. The molecule has 0 aromatic heterocycles. The van der Waals surface area contributed by atoms with E-state index < -0.39 is 0 Å². The summed E-state index contributed by atoms with van der Waals surface area (Å²) in [7, 11) is 0. The summed E-state index contributed by atoms with van der Waals surface area (Å²) < 4.78 is 0. The summed E-state index contributed by atoms with van der Waals surface area (Å²) in [6.07, 6.45) is 5.62. The molecule has 0 heterocycles. The van der Waals surface area contributed by atoms with Crippen LogP contribution in [0.15, 0.2) is 22.8 Å². The van der Waals surface area contributed by atoms with Crippen molar-refractivity contribution in [1.29, 1.82) is 0 Å². The molecule has 0 aromatic carbocycles. The van der Waals surface area contributed by atoms with Gasteiger partial charge in [0.05, 0.1) is 6.10 Å². The van der Waals surface area contributed by atoms with Gasteiger partial charge in [-0.3, -0.25) is 0 Å². The normalized spacial score (nSPS) is 24.3. The van der Waals surface area contributed by atoms with Gasteiger partial charge in [0.1, 0.15) is 0 Å². The van der Waals surface area contributed by atoms with Crippen molar-refractivity contribution < 1.29 is 5.11 Å². The predicted octanol–water partition coefficient (Wildman–Crippen LogP) is 3.84. The first kappa shape index (κ1) is 12.5. The average Bonchev–Trinajstić information content (AvgIpc) is 2.10. The zero-order chi connectivity index (χ0) is 11.6. The lowest BCUT2D eigenvalue weighted by Gasteiger charge is -2.33. The van der Waals surface area contributed by atoms with Gasteiger partial charge in [-0.05, 0) is 56.6 Å². The Morgan fingerprint density at radius 3 is 2.53 bits per heavy atom. The minimum absolute atomic E-state index is 0.276. The lowest BCUT2D eigenvalue weighted by atomic mass is 9.72. The molecule has 0 fully saturated rings. The smallest absolute Gasteiger partial charge is 0.0722 e. The van der Waals surface area contributed by atoms with Gasteiger partial charge in [-0.25, -0.2) is 0 Å². The van der Waals surface area contributed by atoms with Gasteiger partial charge in [-0.15, -0.1) is 0 Å². The number of hydrogen-bond donors (Lipinski definition) is 1. The van der Waals surface area contributed by atoms with Crippen molar-refractivity contribution in [3.05, 3.63) is 22.8 Å². The maximum atomic E-state index is 9.52. The van der Waals surface area contributed by atoms with E-state index in [1.54, 1.807) is 0 Å². The second kappa shape index (κ2) is 4.52. The van der Waals surface area contributed by atoms with Gasteiger partial charge in [-0.2, -0.15) is 0 Å². The van der Waals surface area contributed by atoms with E-state index in [1.165, 1.54) is 30.4 Å². The molecule has 0 spiro atoms. The number of aliphatic hydroxyl groups is 1. The molecular formula is C14H24O. The zero-order valence-electron chi connectivity index (χ0n) is 10.7. The van der Waals surface area contributed by atoms with Crippen molar-refractivity contribution in [3.63, 3.8) is 0 Å². The van der Waals surface area contributed by atoms with Gasteiger partial charge < -0.3 is 5.11 Å². The van der Waals surface area contributed by atoms with Crippen molar-refractivity contribution in [3.8, 4) is 0 Å². The Balaban J connectivity index is 3.05. The molecule has 1 nitrogen and oxygen atoms in total. The molecule has 0 unspecified atom stereocenters. The molecule has 86 valence electrons. The van der Waals surface area contributed by atoms with E-state index in [0.717, 1.165) is 5.57 Å². The van der Waals surface area contributed by atoms with Crippen LogP contribution in [0.5, 0.6) is 0 Å². The largest absolute Gasteiger partial charge is 0.389 e. The van der Waals surface area contributed by atoms with E-state index in [4.69, 9.17) is 0 Å². The van der Waals surface area contributed by atoms with Crippen LogP contribution < -0.4 is 0 Å². The lowest BCUT2D eigenvalue weighted by Crippen LogP contribution is -2.20. The number of rotatable bonds is 2. The third-order valence-electron chi connectivity index (χ3n) is 3.57. The fourth-order valence-corrected chi connectivity index (χ4v) is 2.31. The quantitative estimate of drug-likeness (QED) is 0.731. The summed E-state index contributed by atoms with van der Waals surface area (Å²) in [6, 6.07) is 0. The lowest BCUT2D eigenvalue weighted by molar-refractivity contribution is 0.231. The van der Waals surface area contributed by atoms with Crippen LogP contribution in [0.2, 0.25) is 0 Å². The first-order valence-corrected chi connectivity index (χ1v) is 5.91. The van der Waals surface area contributed by atoms with Crippen LogP contribution in [0.1, 0.15) is 53.9 Å². The second-order valence-corrected chi connectivity index (χ2v) is 5.50. The number of aliphatic hydroxyl groups excluding tert-OH is 1. The summed E-state index contributed by atoms with van der Waals surface area (Å²) in [5.41, 5.74) is 4.27. The van der Waals surface area contributed by atoms with E-state index in [2.05, 4.69) is 26.8 Å². The van der Waals surface area contributed by atoms with E-state index in [-0.39, 0.29) is 11.5 Å². The van der Waals surface area contributed by atoms with Crippen LogP contribution in [0.25, 0.3) is 0 Å². The Kier molecular flexibility index (Phi) is 3.77. The van der Waals surface area contributed by atoms with E-state index in [9.17, 15) is 5.11 Å². The Bertz CT molecular complexity index is 292. The summed E-state index contributed by atoms with van der Waals surface area (Å²) in [6.45, 7) is 10.7. The molecule has 1 atom stereocenters. The molecular weight excluding hydrogens is 184 g/mol. The SMILES string of the molecule is CC1=C(/C=C(\C)[C@H](C)O)C(C)(C)CCC1. The van der Waals surface area contributed by atoms with Crippen LogP contribution in [0.4, 0.5) is 0 Å². The van der Waals surface area contributed by atoms with Gasteiger partial charge in [0.15, 0.2) is 0 Å². The molecule has 0 aromatic rings. The molecule has 1 N–H and O–H groups in total. The standard InChI is InChI=1S/C14H24O/c1-10-7-6-8-14(4,5)13(10)9-11(2)12(3)15/h9,12,15H,6-8H2,1-5H3/b11-9+/t12-/m0/s1. The molecule has 1 aliphatic carbocycles. The van der Waals surface area contributed by atoms with Gasteiger partial charge >= 0.3 is 0 Å². The van der Waals surface area contributed by atoms with Crippen molar-refractivity contribution >= 4 is 0 Å². The van der Waals surface area contributed by atoms with Crippen LogP contribution in [0.3, 0.4) is 0 Å². The highest BCUT2D eigenvalue weighted by Crippen LogP contribution is 2.41. The van der Waals surface area contributed by atoms with Crippen LogP contribution >= 0.6 is 0 Å². The molecule has 0 saturated heterocycles. The number of allylic oxidation sites excluding steroid dienone is 3. The zero-order valence-corrected chi connectivity index (χ0v) is 10.7. The highest BCUT2D eigenvalue weighted by atomic mass is 16.3. The second-order valence-electron chi connectivity index (χ2n) is 5.50. The van der Waals surface area contributed by atoms with Crippen LogP contribution in [-0.2, 0) is 0 Å². The average molecular weight is 208 g/mol. The molecule has 1 aliphatic rings. The molecule has 0 bridgehead atoms. The van der Waals surface area contributed by atoms with Gasteiger partial charge in [0, 0.05) is 0 Å². The van der Waals surface area contributed by atoms with E-state index in [1.807, 2.05) is 13.8 Å². The molecule has 0 amide bonds. The molecule has 15 heavy (non-hydrogen) atoms. The summed E-state index contributed by atoms with van der Waals surface area (Å²) in [4.78, 5) is 0. The maximum absolute atomic E-state index is 9.52. The Morgan fingerprint density at radius 2 is 2.07 bits per heavy atom. The summed E-state index contributed by atoms with van der Waals surface area (Å²) >= 11 is 0. The van der Waals surface area contributed by atoms with Crippen molar-refractivity contribution in [2.24, 2.45) is 5.41 Å². The fourth-order valence-electron chi connectivity index (χ4n) is 2.31. The fraction of sp³-hybridized carbons (Fsp3) is 0.714. The highest BCUT2D eigenvalue weighted by Gasteiger charge is 2.27. The summed E-state index contributed by atoms with van der Waals surface area (Å²) in [5.74, 6) is 0. The van der Waals surface area contributed by atoms with Crippen molar-refractivity contribution in [1.82, 2.24) is 0 Å². The van der Waals surface area contributed by atoms with Crippen LogP contribution in [-0.4, -0.2) is 11.2 Å². The topological polar surface area (TPSA) is 20.2 Å². The third kappa shape index (κ3) is 2.94. The minimum atomic E-state index is -0.331. The third-order valence-corrected chi connectivity index (χ3v) is 3.57. The van der Waals surface area contributed by atoms with Crippen molar-refractivity contribution in [2.45, 2.75) is 60.0 Å². The summed E-state index contributed by atoms with van der Waals surface area (Å²) in [5, 5.41) is 9.52. The minimum Gasteiger partial charge on any atom is -0.389 e. The first-order chi connectivity index (χ1) is 6.84. The highest BCUT2D eigenvalue weighted by molar-refractivity contribution is 5.35. The van der Waals surface area contributed by atoms with Gasteiger partial charge in [-0.1, -0.05) is 25.5 Å². The van der Waals surface area contributed by atoms with Crippen LogP contribution in [0, 0.1) is 5.41 Å². The molecule has 1 heteroatoms. The van der Waals surface area contributed by atoms with Crippen molar-refractivity contribution in [2.75, 3.05) is 0 Å². The Morgan fingerprint density at radius 1 is 1.47 bits per heavy atom. The van der Waals surface area contributed by atoms with Gasteiger partial charge in [0.25, 0.3) is 0 Å². The Labute approximate surface area is 93.9 Å². The number of hydrogen-bond acceptors (Lipinski definition) is 1. The maximum Gasteiger partial charge on any atom is 0.0722 e. The predicted molar refractivity (Wildman–Crippen MR) is 65.8 cm³/mol. The molecule has 0 saturated carbocycles.